The van der Waals surface area contributed by atoms with Gasteiger partial charge in [-0.05, 0) is 23.6 Å². The second kappa shape index (κ2) is 4.84. The van der Waals surface area contributed by atoms with Crippen LogP contribution in [0.3, 0.4) is 0 Å². The van der Waals surface area contributed by atoms with Gasteiger partial charge in [0, 0.05) is 4.88 Å². The minimum atomic E-state index is -1.10. The summed E-state index contributed by atoms with van der Waals surface area (Å²) in [5, 5.41) is 13.2. The van der Waals surface area contributed by atoms with Gasteiger partial charge in [-0.25, -0.2) is 4.79 Å². The average molecular weight is 251 g/mol. The van der Waals surface area contributed by atoms with Crippen molar-refractivity contribution < 1.29 is 19.1 Å². The van der Waals surface area contributed by atoms with Crippen LogP contribution in [0.1, 0.15) is 21.5 Å². The molecule has 0 aliphatic heterocycles. The minimum Gasteiger partial charge on any atom is -0.479 e. The van der Waals surface area contributed by atoms with Gasteiger partial charge >= 0.3 is 5.97 Å². The molecule has 2 rings (SSSR count). The highest BCUT2D eigenvalue weighted by Gasteiger charge is 2.24. The van der Waals surface area contributed by atoms with Crippen molar-refractivity contribution in [3.05, 3.63) is 46.5 Å². The van der Waals surface area contributed by atoms with Crippen LogP contribution in [0.15, 0.2) is 40.3 Å². The molecule has 0 spiro atoms. The molecular formula is C11H9NO4S. The molecule has 0 aliphatic rings. The van der Waals surface area contributed by atoms with Crippen molar-refractivity contribution in [3.8, 4) is 0 Å². The van der Waals surface area contributed by atoms with Crippen molar-refractivity contribution in [1.29, 1.82) is 0 Å². The van der Waals surface area contributed by atoms with Crippen molar-refractivity contribution in [2.75, 3.05) is 0 Å². The van der Waals surface area contributed by atoms with Crippen molar-refractivity contribution in [2.45, 2.75) is 6.04 Å². The van der Waals surface area contributed by atoms with E-state index in [1.54, 1.807) is 23.6 Å². The number of rotatable bonds is 4. The number of hydrogen-bond acceptors (Lipinski definition) is 4. The largest absolute Gasteiger partial charge is 0.479 e. The molecular weight excluding hydrogens is 242 g/mol. The van der Waals surface area contributed by atoms with Crippen LogP contribution in [0.2, 0.25) is 0 Å². The van der Waals surface area contributed by atoms with Crippen molar-refractivity contribution in [3.63, 3.8) is 0 Å². The van der Waals surface area contributed by atoms with Crippen LogP contribution in [0, 0.1) is 0 Å². The van der Waals surface area contributed by atoms with E-state index < -0.39 is 17.9 Å². The molecule has 0 saturated carbocycles. The smallest absolute Gasteiger partial charge is 0.331 e. The van der Waals surface area contributed by atoms with E-state index in [1.165, 1.54) is 23.7 Å². The van der Waals surface area contributed by atoms with E-state index in [1.807, 2.05) is 0 Å². The van der Waals surface area contributed by atoms with Crippen LogP contribution in [0.4, 0.5) is 0 Å². The number of carboxylic acids is 1. The third kappa shape index (κ3) is 2.54. The molecule has 2 aromatic rings. The number of carbonyl (C=O) groups excluding carboxylic acids is 1. The standard InChI is InChI=1S/C11H9NO4S/c13-10(7-3-1-5-16-7)12-9(11(14)15)8-4-2-6-17-8/h1-6,9H,(H,12,13)(H,14,15). The molecule has 0 saturated heterocycles. The summed E-state index contributed by atoms with van der Waals surface area (Å²) in [5.74, 6) is -1.56. The maximum Gasteiger partial charge on any atom is 0.331 e. The molecule has 0 radical (unpaired) electrons. The zero-order valence-electron chi connectivity index (χ0n) is 8.62. The summed E-state index contributed by atoms with van der Waals surface area (Å²) in [7, 11) is 0. The van der Waals surface area contributed by atoms with Gasteiger partial charge in [0.2, 0.25) is 0 Å². The van der Waals surface area contributed by atoms with Crippen LogP contribution in [0.5, 0.6) is 0 Å². The topological polar surface area (TPSA) is 79.5 Å². The summed E-state index contributed by atoms with van der Waals surface area (Å²) in [5.41, 5.74) is 0. The summed E-state index contributed by atoms with van der Waals surface area (Å²) in [4.78, 5) is 23.3. The number of carbonyl (C=O) groups is 2. The Hall–Kier alpha value is -2.08. The van der Waals surface area contributed by atoms with Gasteiger partial charge in [0.05, 0.1) is 6.26 Å². The molecule has 0 fully saturated rings. The Morgan fingerprint density at radius 1 is 1.35 bits per heavy atom. The Morgan fingerprint density at radius 3 is 2.71 bits per heavy atom. The lowest BCUT2D eigenvalue weighted by molar-refractivity contribution is -0.139. The fourth-order valence-electron chi connectivity index (χ4n) is 1.32. The predicted molar refractivity (Wildman–Crippen MR) is 60.9 cm³/mol. The fourth-order valence-corrected chi connectivity index (χ4v) is 2.09. The molecule has 5 nitrogen and oxygen atoms in total. The fraction of sp³-hybridized carbons (Fsp3) is 0.0909. The van der Waals surface area contributed by atoms with Gasteiger partial charge in [-0.2, -0.15) is 0 Å². The van der Waals surface area contributed by atoms with Crippen LogP contribution in [-0.4, -0.2) is 17.0 Å². The lowest BCUT2D eigenvalue weighted by Crippen LogP contribution is -2.32. The summed E-state index contributed by atoms with van der Waals surface area (Å²) in [6, 6.07) is 5.38. The number of amides is 1. The quantitative estimate of drug-likeness (QED) is 0.869. The molecule has 0 aromatic carbocycles. The molecule has 0 aliphatic carbocycles. The second-order valence-electron chi connectivity index (χ2n) is 3.24. The van der Waals surface area contributed by atoms with Crippen molar-refractivity contribution >= 4 is 23.2 Å². The molecule has 1 amide bonds. The van der Waals surface area contributed by atoms with Gasteiger partial charge in [-0.15, -0.1) is 11.3 Å². The Bertz CT molecular complexity index is 504. The maximum atomic E-state index is 11.7. The van der Waals surface area contributed by atoms with Gasteiger partial charge in [-0.3, -0.25) is 4.79 Å². The molecule has 0 bridgehead atoms. The van der Waals surface area contributed by atoms with Crippen LogP contribution < -0.4 is 5.32 Å². The van der Waals surface area contributed by atoms with E-state index in [4.69, 9.17) is 9.52 Å². The number of furan rings is 1. The SMILES string of the molecule is O=C(NC(C(=O)O)c1cccs1)c1ccco1. The first kappa shape index (κ1) is 11.4. The first-order valence-corrected chi connectivity index (χ1v) is 5.67. The number of thiophene rings is 1. The molecule has 6 heteroatoms. The Kier molecular flexibility index (Phi) is 3.24. The van der Waals surface area contributed by atoms with Crippen molar-refractivity contribution in [1.82, 2.24) is 5.32 Å². The molecule has 2 N–H and O–H groups in total. The summed E-state index contributed by atoms with van der Waals surface area (Å²) < 4.78 is 4.89. The normalized spacial score (nSPS) is 12.0. The molecule has 2 heterocycles. The van der Waals surface area contributed by atoms with E-state index in [0.29, 0.717) is 4.88 Å². The van der Waals surface area contributed by atoms with Gasteiger partial charge in [-0.1, -0.05) is 6.07 Å². The molecule has 17 heavy (non-hydrogen) atoms. The first-order chi connectivity index (χ1) is 8.18. The first-order valence-electron chi connectivity index (χ1n) is 4.79. The third-order valence-electron chi connectivity index (χ3n) is 2.10. The maximum absolute atomic E-state index is 11.7. The highest BCUT2D eigenvalue weighted by Crippen LogP contribution is 2.19. The Balaban J connectivity index is 2.14. The summed E-state index contributed by atoms with van der Waals surface area (Å²) in [6.45, 7) is 0. The van der Waals surface area contributed by atoms with E-state index in [0.717, 1.165) is 0 Å². The number of nitrogens with one attached hydrogen (secondary N) is 1. The monoisotopic (exact) mass is 251 g/mol. The molecule has 2 aromatic heterocycles. The summed E-state index contributed by atoms with van der Waals surface area (Å²) >= 11 is 1.27. The van der Waals surface area contributed by atoms with Gasteiger partial charge < -0.3 is 14.8 Å². The lowest BCUT2D eigenvalue weighted by atomic mass is 10.2. The zero-order chi connectivity index (χ0) is 12.3. The molecule has 1 atom stereocenters. The lowest BCUT2D eigenvalue weighted by Gasteiger charge is -2.11. The number of aliphatic carboxylic acids is 1. The highest BCUT2D eigenvalue weighted by atomic mass is 32.1. The van der Waals surface area contributed by atoms with E-state index in [2.05, 4.69) is 5.32 Å². The zero-order valence-corrected chi connectivity index (χ0v) is 9.44. The Labute approximate surface area is 101 Å². The predicted octanol–water partition coefficient (Wildman–Crippen LogP) is 1.90. The molecule has 1 unspecified atom stereocenters. The second-order valence-corrected chi connectivity index (χ2v) is 4.22. The van der Waals surface area contributed by atoms with Gasteiger partial charge in [0.15, 0.2) is 11.8 Å². The highest BCUT2D eigenvalue weighted by molar-refractivity contribution is 7.10. The third-order valence-corrected chi connectivity index (χ3v) is 3.03. The minimum absolute atomic E-state index is 0.0906. The van der Waals surface area contributed by atoms with E-state index >= 15 is 0 Å². The number of carboxylic acid groups (broad SMARTS) is 1. The Morgan fingerprint density at radius 2 is 2.18 bits per heavy atom. The average Bonchev–Trinajstić information content (AvgIpc) is 2.97. The van der Waals surface area contributed by atoms with E-state index in [-0.39, 0.29) is 5.76 Å². The summed E-state index contributed by atoms with van der Waals surface area (Å²) in [6.07, 6.45) is 1.36. The van der Waals surface area contributed by atoms with Crippen LogP contribution in [0.25, 0.3) is 0 Å². The van der Waals surface area contributed by atoms with Crippen LogP contribution >= 0.6 is 11.3 Å². The van der Waals surface area contributed by atoms with Gasteiger partial charge in [0.1, 0.15) is 0 Å². The van der Waals surface area contributed by atoms with Crippen LogP contribution in [-0.2, 0) is 4.79 Å². The van der Waals surface area contributed by atoms with Gasteiger partial charge in [0.25, 0.3) is 5.91 Å². The molecule has 88 valence electrons. The number of hydrogen-bond donors (Lipinski definition) is 2. The van der Waals surface area contributed by atoms with E-state index in [9.17, 15) is 9.59 Å². The van der Waals surface area contributed by atoms with Crippen molar-refractivity contribution in [2.24, 2.45) is 0 Å².